The Morgan fingerprint density at radius 2 is 1.90 bits per heavy atom. The van der Waals surface area contributed by atoms with E-state index in [1.54, 1.807) is 25.4 Å². The maximum Gasteiger partial charge on any atom is 0.131 e. The van der Waals surface area contributed by atoms with Gasteiger partial charge in [-0.15, -0.1) is 0 Å². The van der Waals surface area contributed by atoms with Crippen LogP contribution in [0.5, 0.6) is 17.2 Å². The van der Waals surface area contributed by atoms with E-state index in [1.807, 2.05) is 26.8 Å². The number of aromatic hydroxyl groups is 1. The highest BCUT2D eigenvalue weighted by molar-refractivity contribution is 5.43. The van der Waals surface area contributed by atoms with Gasteiger partial charge in [-0.2, -0.15) is 0 Å². The van der Waals surface area contributed by atoms with Gasteiger partial charge in [-0.25, -0.2) is 0 Å². The predicted octanol–water partition coefficient (Wildman–Crippen LogP) is 3.30. The summed E-state index contributed by atoms with van der Waals surface area (Å²) in [6, 6.07) is 5.23. The standard InChI is InChI=1S/C16H19NO3/c1-10-8-17-13(11(2)16(10)19-4)9-20-15-7-5-6-14(18)12(15)3/h5-8,18H,9H2,1-4H3. The number of phenols is 1. The van der Waals surface area contributed by atoms with E-state index in [2.05, 4.69) is 4.98 Å². The molecule has 0 fully saturated rings. The number of rotatable bonds is 4. The number of hydrogen-bond donors (Lipinski definition) is 1. The van der Waals surface area contributed by atoms with Crippen LogP contribution in [0.1, 0.15) is 22.4 Å². The normalized spacial score (nSPS) is 10.4. The van der Waals surface area contributed by atoms with Crippen LogP contribution in [0.15, 0.2) is 24.4 Å². The third-order valence-corrected chi connectivity index (χ3v) is 3.37. The molecular formula is C16H19NO3. The molecule has 1 N–H and O–H groups in total. The molecule has 0 aliphatic heterocycles. The summed E-state index contributed by atoms with van der Waals surface area (Å²) in [5.41, 5.74) is 3.53. The number of aryl methyl sites for hydroxylation is 1. The fourth-order valence-electron chi connectivity index (χ4n) is 2.12. The second kappa shape index (κ2) is 5.82. The van der Waals surface area contributed by atoms with Crippen molar-refractivity contribution in [2.45, 2.75) is 27.4 Å². The van der Waals surface area contributed by atoms with Crippen molar-refractivity contribution in [1.82, 2.24) is 4.98 Å². The lowest BCUT2D eigenvalue weighted by Gasteiger charge is -2.14. The van der Waals surface area contributed by atoms with Crippen molar-refractivity contribution >= 4 is 0 Å². The monoisotopic (exact) mass is 273 g/mol. The topological polar surface area (TPSA) is 51.6 Å². The van der Waals surface area contributed by atoms with Crippen LogP contribution in [0.3, 0.4) is 0 Å². The number of benzene rings is 1. The number of pyridine rings is 1. The van der Waals surface area contributed by atoms with Gasteiger partial charge in [0.05, 0.1) is 12.8 Å². The van der Waals surface area contributed by atoms with Gasteiger partial charge in [0.2, 0.25) is 0 Å². The van der Waals surface area contributed by atoms with Gasteiger partial charge in [-0.3, -0.25) is 4.98 Å². The summed E-state index contributed by atoms with van der Waals surface area (Å²) in [5.74, 6) is 1.73. The zero-order valence-electron chi connectivity index (χ0n) is 12.2. The molecule has 2 aromatic rings. The zero-order valence-corrected chi connectivity index (χ0v) is 12.2. The molecule has 2 rings (SSSR count). The molecule has 0 saturated heterocycles. The number of ether oxygens (including phenoxy) is 2. The average molecular weight is 273 g/mol. The predicted molar refractivity (Wildman–Crippen MR) is 77.4 cm³/mol. The second-order valence-corrected chi connectivity index (χ2v) is 4.74. The molecule has 0 atom stereocenters. The van der Waals surface area contributed by atoms with Crippen LogP contribution < -0.4 is 9.47 Å². The average Bonchev–Trinajstić information content (AvgIpc) is 2.43. The molecule has 0 radical (unpaired) electrons. The van der Waals surface area contributed by atoms with Gasteiger partial charge in [0.1, 0.15) is 23.9 Å². The summed E-state index contributed by atoms with van der Waals surface area (Å²) in [6.45, 7) is 6.09. The fourth-order valence-corrected chi connectivity index (χ4v) is 2.12. The van der Waals surface area contributed by atoms with Gasteiger partial charge >= 0.3 is 0 Å². The van der Waals surface area contributed by atoms with E-state index >= 15 is 0 Å². The van der Waals surface area contributed by atoms with Crippen molar-refractivity contribution in [1.29, 1.82) is 0 Å². The molecule has 0 aliphatic carbocycles. The zero-order chi connectivity index (χ0) is 14.7. The Bertz CT molecular complexity index is 623. The Morgan fingerprint density at radius 3 is 2.60 bits per heavy atom. The van der Waals surface area contributed by atoms with Crippen LogP contribution in [-0.4, -0.2) is 17.2 Å². The molecule has 0 spiro atoms. The molecule has 0 unspecified atom stereocenters. The number of aromatic nitrogens is 1. The first-order valence-corrected chi connectivity index (χ1v) is 6.45. The van der Waals surface area contributed by atoms with Gasteiger partial charge < -0.3 is 14.6 Å². The fraction of sp³-hybridized carbons (Fsp3) is 0.312. The minimum atomic E-state index is 0.230. The second-order valence-electron chi connectivity index (χ2n) is 4.74. The van der Waals surface area contributed by atoms with Crippen LogP contribution in [0.4, 0.5) is 0 Å². The summed E-state index contributed by atoms with van der Waals surface area (Å²) >= 11 is 0. The SMILES string of the molecule is COc1c(C)cnc(COc2cccc(O)c2C)c1C. The molecule has 0 saturated carbocycles. The molecule has 0 amide bonds. The van der Waals surface area contributed by atoms with E-state index in [-0.39, 0.29) is 5.75 Å². The molecule has 4 nitrogen and oxygen atoms in total. The lowest BCUT2D eigenvalue weighted by molar-refractivity contribution is 0.294. The number of nitrogens with zero attached hydrogens (tertiary/aromatic N) is 1. The van der Waals surface area contributed by atoms with Crippen molar-refractivity contribution in [3.05, 3.63) is 46.8 Å². The van der Waals surface area contributed by atoms with E-state index < -0.39 is 0 Å². The molecule has 1 aromatic heterocycles. The highest BCUT2D eigenvalue weighted by Gasteiger charge is 2.11. The first-order chi connectivity index (χ1) is 9.54. The number of methoxy groups -OCH3 is 1. The molecule has 1 heterocycles. The Hall–Kier alpha value is -2.23. The van der Waals surface area contributed by atoms with Gasteiger partial charge in [0, 0.05) is 22.9 Å². The number of phenolic OH excluding ortho intramolecular Hbond substituents is 1. The van der Waals surface area contributed by atoms with Gasteiger partial charge in [0.25, 0.3) is 0 Å². The Balaban J connectivity index is 2.21. The summed E-state index contributed by atoms with van der Waals surface area (Å²) in [7, 11) is 1.65. The van der Waals surface area contributed by atoms with Crippen LogP contribution in [0.25, 0.3) is 0 Å². The Kier molecular flexibility index (Phi) is 4.13. The van der Waals surface area contributed by atoms with E-state index in [4.69, 9.17) is 9.47 Å². The van der Waals surface area contributed by atoms with Crippen LogP contribution in [0.2, 0.25) is 0 Å². The maximum absolute atomic E-state index is 9.65. The minimum absolute atomic E-state index is 0.230. The lowest BCUT2D eigenvalue weighted by Crippen LogP contribution is -2.04. The Morgan fingerprint density at radius 1 is 1.15 bits per heavy atom. The molecule has 106 valence electrons. The summed E-state index contributed by atoms with van der Waals surface area (Å²) < 4.78 is 11.1. The van der Waals surface area contributed by atoms with E-state index in [0.717, 1.165) is 28.1 Å². The Labute approximate surface area is 119 Å². The third-order valence-electron chi connectivity index (χ3n) is 3.37. The van der Waals surface area contributed by atoms with Crippen molar-refractivity contribution in [2.24, 2.45) is 0 Å². The van der Waals surface area contributed by atoms with Crippen molar-refractivity contribution in [2.75, 3.05) is 7.11 Å². The van der Waals surface area contributed by atoms with Gasteiger partial charge in [-0.1, -0.05) is 6.07 Å². The maximum atomic E-state index is 9.65. The number of hydrogen-bond acceptors (Lipinski definition) is 4. The quantitative estimate of drug-likeness (QED) is 0.928. The van der Waals surface area contributed by atoms with E-state index in [0.29, 0.717) is 12.4 Å². The first-order valence-electron chi connectivity index (χ1n) is 6.45. The highest BCUT2D eigenvalue weighted by Crippen LogP contribution is 2.28. The first kappa shape index (κ1) is 14.2. The molecule has 0 bridgehead atoms. The van der Waals surface area contributed by atoms with E-state index in [1.165, 1.54) is 0 Å². The van der Waals surface area contributed by atoms with Crippen LogP contribution >= 0.6 is 0 Å². The lowest BCUT2D eigenvalue weighted by atomic mass is 10.1. The van der Waals surface area contributed by atoms with Crippen LogP contribution in [-0.2, 0) is 6.61 Å². The van der Waals surface area contributed by atoms with Gasteiger partial charge in [-0.05, 0) is 32.9 Å². The molecule has 20 heavy (non-hydrogen) atoms. The largest absolute Gasteiger partial charge is 0.508 e. The summed E-state index contributed by atoms with van der Waals surface area (Å²) in [4.78, 5) is 4.39. The van der Waals surface area contributed by atoms with Crippen LogP contribution in [0, 0.1) is 20.8 Å². The van der Waals surface area contributed by atoms with Crippen molar-refractivity contribution in [3.8, 4) is 17.2 Å². The molecule has 1 aromatic carbocycles. The van der Waals surface area contributed by atoms with Gasteiger partial charge in [0.15, 0.2) is 0 Å². The smallest absolute Gasteiger partial charge is 0.131 e. The molecular weight excluding hydrogens is 254 g/mol. The van der Waals surface area contributed by atoms with E-state index in [9.17, 15) is 5.11 Å². The minimum Gasteiger partial charge on any atom is -0.508 e. The van der Waals surface area contributed by atoms with Crippen molar-refractivity contribution in [3.63, 3.8) is 0 Å². The third kappa shape index (κ3) is 2.69. The highest BCUT2D eigenvalue weighted by atomic mass is 16.5. The summed E-state index contributed by atoms with van der Waals surface area (Å²) in [5, 5.41) is 9.65. The molecule has 4 heteroatoms. The molecule has 0 aliphatic rings. The van der Waals surface area contributed by atoms with Crippen molar-refractivity contribution < 1.29 is 14.6 Å². The summed E-state index contributed by atoms with van der Waals surface area (Å²) in [6.07, 6.45) is 1.78.